The van der Waals surface area contributed by atoms with Crippen LogP contribution in [0.25, 0.3) is 0 Å². The fourth-order valence-electron chi connectivity index (χ4n) is 2.91. The average molecular weight is 417 g/mol. The number of urea groups is 1. The second-order valence-electron chi connectivity index (χ2n) is 6.34. The van der Waals surface area contributed by atoms with E-state index < -0.39 is 0 Å². The molecule has 0 bridgehead atoms. The normalized spacial score (nSPS) is 14.8. The van der Waals surface area contributed by atoms with Gasteiger partial charge in [-0.2, -0.15) is 0 Å². The Labute approximate surface area is 160 Å². The largest absolute Gasteiger partial charge is 0.331 e. The maximum Gasteiger partial charge on any atom is 0.315 e. The van der Waals surface area contributed by atoms with Crippen molar-refractivity contribution in [2.45, 2.75) is 25.3 Å². The van der Waals surface area contributed by atoms with Gasteiger partial charge in [0.1, 0.15) is 0 Å². The van der Waals surface area contributed by atoms with Crippen LogP contribution in [0.1, 0.15) is 30.9 Å². The van der Waals surface area contributed by atoms with Gasteiger partial charge in [-0.05, 0) is 48.6 Å². The molecular weight excluding hydrogens is 396 g/mol. The van der Waals surface area contributed by atoms with Crippen molar-refractivity contribution < 1.29 is 9.59 Å². The van der Waals surface area contributed by atoms with Gasteiger partial charge in [0.05, 0.1) is 24.5 Å². The maximum absolute atomic E-state index is 12.3. The first-order valence-electron chi connectivity index (χ1n) is 8.61. The summed E-state index contributed by atoms with van der Waals surface area (Å²) in [4.78, 5) is 28.1. The Hall–Kier alpha value is -2.41. The number of anilines is 1. The van der Waals surface area contributed by atoms with E-state index in [1.54, 1.807) is 24.5 Å². The zero-order valence-electron chi connectivity index (χ0n) is 14.2. The van der Waals surface area contributed by atoms with Gasteiger partial charge in [0.25, 0.3) is 0 Å². The molecule has 0 saturated heterocycles. The number of nitrogens with zero attached hydrogens (tertiary/aromatic N) is 1. The third-order valence-corrected chi connectivity index (χ3v) is 5.02. The highest BCUT2D eigenvalue weighted by Crippen LogP contribution is 2.37. The number of nitrogens with one attached hydrogen (secondary N) is 3. The molecule has 0 aliphatic heterocycles. The van der Waals surface area contributed by atoms with E-state index in [0.717, 1.165) is 22.9 Å². The lowest BCUT2D eigenvalue weighted by atomic mass is 9.77. The van der Waals surface area contributed by atoms with Crippen LogP contribution in [0.4, 0.5) is 10.5 Å². The predicted molar refractivity (Wildman–Crippen MR) is 104 cm³/mol. The first-order valence-corrected chi connectivity index (χ1v) is 9.41. The van der Waals surface area contributed by atoms with Crippen molar-refractivity contribution in [1.29, 1.82) is 0 Å². The van der Waals surface area contributed by atoms with Crippen LogP contribution in [0, 0.1) is 5.92 Å². The Morgan fingerprint density at radius 3 is 2.58 bits per heavy atom. The summed E-state index contributed by atoms with van der Waals surface area (Å²) >= 11 is 3.43. The van der Waals surface area contributed by atoms with Crippen LogP contribution in [0.15, 0.2) is 53.3 Å². The number of benzene rings is 1. The van der Waals surface area contributed by atoms with Crippen LogP contribution in [-0.4, -0.2) is 23.5 Å². The molecule has 6 nitrogen and oxygen atoms in total. The van der Waals surface area contributed by atoms with E-state index in [2.05, 4.69) is 36.9 Å². The number of carbonyl (C=O) groups is 2. The highest BCUT2D eigenvalue weighted by Gasteiger charge is 2.29. The van der Waals surface area contributed by atoms with Crippen LogP contribution < -0.4 is 16.0 Å². The molecule has 0 spiro atoms. The van der Waals surface area contributed by atoms with E-state index >= 15 is 0 Å². The van der Waals surface area contributed by atoms with Crippen LogP contribution in [0.3, 0.4) is 0 Å². The highest BCUT2D eigenvalue weighted by atomic mass is 79.9. The number of amides is 3. The first kappa shape index (κ1) is 18.4. The Balaban J connectivity index is 1.53. The fourth-order valence-corrected chi connectivity index (χ4v) is 3.18. The van der Waals surface area contributed by atoms with Crippen molar-refractivity contribution in [2.24, 2.45) is 5.92 Å². The molecule has 26 heavy (non-hydrogen) atoms. The van der Waals surface area contributed by atoms with Gasteiger partial charge < -0.3 is 16.0 Å². The molecule has 1 heterocycles. The van der Waals surface area contributed by atoms with Crippen LogP contribution in [0.5, 0.6) is 0 Å². The topological polar surface area (TPSA) is 83.1 Å². The lowest BCUT2D eigenvalue weighted by molar-refractivity contribution is -0.115. The average Bonchev–Trinajstić information content (AvgIpc) is 2.59. The van der Waals surface area contributed by atoms with Gasteiger partial charge in [0.15, 0.2) is 0 Å². The molecular formula is C19H21BrN4O2. The van der Waals surface area contributed by atoms with Crippen molar-refractivity contribution in [3.8, 4) is 0 Å². The van der Waals surface area contributed by atoms with E-state index in [-0.39, 0.29) is 24.5 Å². The molecule has 7 heteroatoms. The molecule has 1 aliphatic carbocycles. The zero-order valence-corrected chi connectivity index (χ0v) is 15.8. The fraction of sp³-hybridized carbons (Fsp3) is 0.316. The Kier molecular flexibility index (Phi) is 6.22. The van der Waals surface area contributed by atoms with Gasteiger partial charge >= 0.3 is 6.03 Å². The summed E-state index contributed by atoms with van der Waals surface area (Å²) < 4.78 is 1.00. The molecule has 1 saturated carbocycles. The molecule has 1 aromatic carbocycles. The smallest absolute Gasteiger partial charge is 0.315 e. The molecule has 136 valence electrons. The summed E-state index contributed by atoms with van der Waals surface area (Å²) in [6.07, 6.45) is 6.57. The summed E-state index contributed by atoms with van der Waals surface area (Å²) in [7, 11) is 0. The van der Waals surface area contributed by atoms with Gasteiger partial charge in [-0.25, -0.2) is 4.79 Å². The van der Waals surface area contributed by atoms with Crippen LogP contribution in [0.2, 0.25) is 0 Å². The van der Waals surface area contributed by atoms with Gasteiger partial charge in [0.2, 0.25) is 5.91 Å². The van der Waals surface area contributed by atoms with E-state index in [0.29, 0.717) is 11.6 Å². The molecule has 1 atom stereocenters. The highest BCUT2D eigenvalue weighted by molar-refractivity contribution is 9.10. The van der Waals surface area contributed by atoms with Gasteiger partial charge in [-0.1, -0.05) is 34.5 Å². The molecule has 1 aliphatic rings. The van der Waals surface area contributed by atoms with Gasteiger partial charge in [0, 0.05) is 10.7 Å². The van der Waals surface area contributed by atoms with Crippen LogP contribution in [-0.2, 0) is 4.79 Å². The minimum Gasteiger partial charge on any atom is -0.331 e. The lowest BCUT2D eigenvalue weighted by Gasteiger charge is -2.34. The van der Waals surface area contributed by atoms with Crippen LogP contribution >= 0.6 is 15.9 Å². The van der Waals surface area contributed by atoms with E-state index in [9.17, 15) is 9.59 Å². The quantitative estimate of drug-likeness (QED) is 0.672. The van der Waals surface area contributed by atoms with E-state index in [1.165, 1.54) is 6.42 Å². The summed E-state index contributed by atoms with van der Waals surface area (Å²) in [5.74, 6) is 0.142. The van der Waals surface area contributed by atoms with Crippen molar-refractivity contribution in [3.63, 3.8) is 0 Å². The summed E-state index contributed by atoms with van der Waals surface area (Å²) in [5, 5.41) is 8.33. The third kappa shape index (κ3) is 5.05. The molecule has 3 amide bonds. The molecule has 1 unspecified atom stereocenters. The Bertz CT molecular complexity index is 748. The second-order valence-corrected chi connectivity index (χ2v) is 7.25. The minimum absolute atomic E-state index is 0.0433. The Morgan fingerprint density at radius 1 is 1.19 bits per heavy atom. The minimum atomic E-state index is -0.342. The van der Waals surface area contributed by atoms with Crippen molar-refractivity contribution in [2.75, 3.05) is 11.9 Å². The number of hydrogen-bond donors (Lipinski definition) is 3. The number of rotatable bonds is 6. The van der Waals surface area contributed by atoms with Crippen molar-refractivity contribution in [3.05, 3.63) is 58.8 Å². The van der Waals surface area contributed by atoms with Crippen molar-refractivity contribution in [1.82, 2.24) is 15.6 Å². The molecule has 1 aromatic heterocycles. The standard InChI is InChI=1S/C19H21BrN4O2/c20-15-8-6-14(7-9-15)18(13-3-1-4-13)24-19(26)22-12-17(25)23-16-5-2-10-21-11-16/h2,5-11,13,18H,1,3-4,12H2,(H,23,25)(H2,22,24,26). The molecule has 1 fully saturated rings. The summed E-state index contributed by atoms with van der Waals surface area (Å²) in [6.45, 7) is -0.0988. The SMILES string of the molecule is O=C(CNC(=O)NC(c1ccc(Br)cc1)C1CCC1)Nc1cccnc1. The predicted octanol–water partition coefficient (Wildman–Crippen LogP) is 3.62. The summed E-state index contributed by atoms with van der Waals surface area (Å²) in [6, 6.07) is 11.1. The van der Waals surface area contributed by atoms with Gasteiger partial charge in [-0.3, -0.25) is 9.78 Å². The molecule has 0 radical (unpaired) electrons. The van der Waals surface area contributed by atoms with E-state index in [4.69, 9.17) is 0 Å². The van der Waals surface area contributed by atoms with E-state index in [1.807, 2.05) is 24.3 Å². The lowest BCUT2D eigenvalue weighted by Crippen LogP contribution is -2.44. The summed E-state index contributed by atoms with van der Waals surface area (Å²) in [5.41, 5.74) is 1.68. The third-order valence-electron chi connectivity index (χ3n) is 4.49. The molecule has 3 rings (SSSR count). The maximum atomic E-state index is 12.3. The Morgan fingerprint density at radius 2 is 1.96 bits per heavy atom. The van der Waals surface area contributed by atoms with Gasteiger partial charge in [-0.15, -0.1) is 0 Å². The zero-order chi connectivity index (χ0) is 18.4. The van der Waals surface area contributed by atoms with Crippen molar-refractivity contribution >= 4 is 33.6 Å². The monoisotopic (exact) mass is 416 g/mol. The molecule has 3 N–H and O–H groups in total. The number of halogens is 1. The number of aromatic nitrogens is 1. The number of hydrogen-bond acceptors (Lipinski definition) is 3. The second kappa shape index (κ2) is 8.80. The number of pyridine rings is 1. The molecule has 2 aromatic rings. The first-order chi connectivity index (χ1) is 12.6. The number of carbonyl (C=O) groups excluding carboxylic acids is 2.